The molecule has 0 saturated carbocycles. The molecule has 13 aromatic carbocycles. The van der Waals surface area contributed by atoms with E-state index in [2.05, 4.69) is 337 Å². The third-order valence-electron chi connectivity index (χ3n) is 16.7. The van der Waals surface area contributed by atoms with Crippen LogP contribution in [0.25, 0.3) is 111 Å². The van der Waals surface area contributed by atoms with Crippen LogP contribution in [0.3, 0.4) is 0 Å². The average Bonchev–Trinajstić information content (AvgIpc) is 4.13. The Morgan fingerprint density at radius 2 is 0.531 bits per heavy atom. The molecule has 0 aliphatic rings. The smallest absolute Gasteiger partial charge is 0.179 e. The fraction of sp³-hybridized carbons (Fsp3) is 0. The van der Waals surface area contributed by atoms with Crippen molar-refractivity contribution in [3.8, 4) is 67.0 Å². The van der Waals surface area contributed by atoms with Gasteiger partial charge in [-0.3, -0.25) is 0 Å². The lowest BCUT2D eigenvalue weighted by Gasteiger charge is -2.36. The van der Waals surface area contributed by atoms with Crippen LogP contribution in [0, 0.1) is 0 Å². The number of aromatic nitrogens is 2. The number of para-hydroxylation sites is 1. The van der Waals surface area contributed by atoms with E-state index in [0.29, 0.717) is 0 Å². The zero-order valence-electron chi connectivity index (χ0n) is 44.6. The minimum Gasteiger partial charge on any atom is -0.309 e. The van der Waals surface area contributed by atoms with E-state index in [1.54, 1.807) is 0 Å². The van der Waals surface area contributed by atoms with Gasteiger partial charge in [-0.05, 0) is 114 Å². The molecule has 15 rings (SSSR count). The monoisotopic (exact) mass is 1050 g/mol. The van der Waals surface area contributed by atoms with Gasteiger partial charge in [-0.15, -0.1) is 0 Å². The van der Waals surface area contributed by atoms with Gasteiger partial charge >= 0.3 is 0 Å². The molecule has 0 fully saturated rings. The summed E-state index contributed by atoms with van der Waals surface area (Å²) in [6.07, 6.45) is 0. The molecule has 2 nitrogen and oxygen atoms in total. The molecule has 0 spiro atoms. The maximum Gasteiger partial charge on any atom is 0.179 e. The van der Waals surface area contributed by atoms with Gasteiger partial charge in [0.05, 0.1) is 27.8 Å². The molecule has 0 bridgehead atoms. The fourth-order valence-corrected chi connectivity index (χ4v) is 17.7. The van der Waals surface area contributed by atoms with Crippen molar-refractivity contribution in [3.63, 3.8) is 0 Å². The second-order valence-corrected chi connectivity index (χ2v) is 25.0. The Bertz CT molecular complexity index is 4640. The van der Waals surface area contributed by atoms with Gasteiger partial charge in [0.15, 0.2) is 8.07 Å². The number of hydrogen-bond acceptors (Lipinski definition) is 0. The van der Waals surface area contributed by atoms with Crippen LogP contribution in [0.15, 0.2) is 328 Å². The minimum absolute atomic E-state index is 1.12. The van der Waals surface area contributed by atoms with E-state index in [9.17, 15) is 0 Å². The summed E-state index contributed by atoms with van der Waals surface area (Å²) >= 11 is 0. The molecule has 0 radical (unpaired) electrons. The van der Waals surface area contributed by atoms with Crippen molar-refractivity contribution >= 4 is 72.4 Å². The summed E-state index contributed by atoms with van der Waals surface area (Å²) in [5.74, 6) is 0. The molecule has 0 unspecified atom stereocenters. The van der Waals surface area contributed by atoms with E-state index in [4.69, 9.17) is 0 Å². The third kappa shape index (κ3) is 8.17. The van der Waals surface area contributed by atoms with Crippen LogP contribution < -0.4 is 20.7 Å². The van der Waals surface area contributed by atoms with Crippen LogP contribution in [0.2, 0.25) is 0 Å². The van der Waals surface area contributed by atoms with Crippen LogP contribution in [-0.4, -0.2) is 17.2 Å². The predicted molar refractivity (Wildman–Crippen MR) is 346 cm³/mol. The molecule has 0 atom stereocenters. The molecule has 0 N–H and O–H groups in total. The lowest BCUT2D eigenvalue weighted by atomic mass is 9.95. The van der Waals surface area contributed by atoms with Crippen LogP contribution in [0.4, 0.5) is 0 Å². The Hall–Kier alpha value is -10.3. The van der Waals surface area contributed by atoms with Gasteiger partial charge in [0.2, 0.25) is 0 Å². The maximum absolute atomic E-state index is 3.13. The van der Waals surface area contributed by atoms with E-state index in [-0.39, 0.29) is 0 Å². The zero-order valence-corrected chi connectivity index (χ0v) is 45.6. The quantitative estimate of drug-likeness (QED) is 0.0902. The molecule has 0 aliphatic heterocycles. The molecule has 3 heteroatoms. The predicted octanol–water partition coefficient (Wildman–Crippen LogP) is 17.6. The Balaban J connectivity index is 1.04. The number of benzene rings is 13. The molecule has 380 valence electrons. The molecular formula is C78H54N2Si. The Labute approximate surface area is 473 Å². The van der Waals surface area contributed by atoms with Crippen molar-refractivity contribution in [1.82, 2.24) is 9.13 Å². The summed E-state index contributed by atoms with van der Waals surface area (Å²) in [6.45, 7) is 0. The molecule has 81 heavy (non-hydrogen) atoms. The first-order valence-corrected chi connectivity index (χ1v) is 30.0. The summed E-state index contributed by atoms with van der Waals surface area (Å²) in [4.78, 5) is 0. The van der Waals surface area contributed by atoms with Gasteiger partial charge in [0, 0.05) is 38.4 Å². The lowest BCUT2D eigenvalue weighted by molar-refractivity contribution is 1.17. The first kappa shape index (κ1) is 47.9. The van der Waals surface area contributed by atoms with Crippen molar-refractivity contribution in [2.45, 2.75) is 0 Å². The summed E-state index contributed by atoms with van der Waals surface area (Å²) in [7, 11) is -3.13. The van der Waals surface area contributed by atoms with Gasteiger partial charge in [-0.25, -0.2) is 0 Å². The van der Waals surface area contributed by atoms with Crippen molar-refractivity contribution in [2.75, 3.05) is 0 Å². The van der Waals surface area contributed by atoms with Gasteiger partial charge in [-0.2, -0.15) is 0 Å². The van der Waals surface area contributed by atoms with Crippen LogP contribution in [-0.2, 0) is 0 Å². The van der Waals surface area contributed by atoms with Crippen molar-refractivity contribution in [1.29, 1.82) is 0 Å². The fourth-order valence-electron chi connectivity index (χ4n) is 12.9. The number of nitrogens with zero attached hydrogens (tertiary/aromatic N) is 2. The summed E-state index contributed by atoms with van der Waals surface area (Å²) in [5.41, 5.74) is 18.7. The number of fused-ring (bicyclic) bond motifs is 6. The lowest BCUT2D eigenvalue weighted by Crippen LogP contribution is -2.74. The Morgan fingerprint density at radius 3 is 1.02 bits per heavy atom. The van der Waals surface area contributed by atoms with Crippen LogP contribution >= 0.6 is 0 Å². The molecule has 0 saturated heterocycles. The molecule has 15 aromatic rings. The average molecular weight is 1050 g/mol. The molecular weight excluding hydrogens is 993 g/mol. The van der Waals surface area contributed by atoms with E-state index in [1.807, 2.05) is 0 Å². The van der Waals surface area contributed by atoms with Crippen LogP contribution in [0.1, 0.15) is 0 Å². The van der Waals surface area contributed by atoms with Gasteiger partial charge < -0.3 is 9.13 Å². The second-order valence-electron chi connectivity index (χ2n) is 21.2. The highest BCUT2D eigenvalue weighted by molar-refractivity contribution is 7.20. The second kappa shape index (κ2) is 20.2. The van der Waals surface area contributed by atoms with Crippen molar-refractivity contribution < 1.29 is 0 Å². The Kier molecular flexibility index (Phi) is 11.9. The highest BCUT2D eigenvalue weighted by Crippen LogP contribution is 2.44. The molecule has 0 aliphatic carbocycles. The maximum atomic E-state index is 2.58. The van der Waals surface area contributed by atoms with Gasteiger partial charge in [0.25, 0.3) is 0 Å². The van der Waals surface area contributed by atoms with Gasteiger partial charge in [-0.1, -0.05) is 279 Å². The summed E-state index contributed by atoms with van der Waals surface area (Å²) in [5, 5.41) is 10.1. The molecule has 2 heterocycles. The zero-order chi connectivity index (χ0) is 53.7. The van der Waals surface area contributed by atoms with Crippen LogP contribution in [0.5, 0.6) is 0 Å². The van der Waals surface area contributed by atoms with E-state index in [0.717, 1.165) is 33.5 Å². The molecule has 0 amide bonds. The van der Waals surface area contributed by atoms with Crippen molar-refractivity contribution in [2.24, 2.45) is 0 Å². The SMILES string of the molecule is c1ccc(-c2ccc([Si](c3ccccc3)(c3ccccc3)c3cc(-c4ccccc4)c(-n4c5ccc(-c6ccccc6)cc5c5cc(-n6c7ccccc7c7cc(-c8ccccc8)ccc76)ccc54)c(-c4ccccc4)c3)cc2)cc1. The highest BCUT2D eigenvalue weighted by atomic mass is 28.3. The number of rotatable bonds is 11. The van der Waals surface area contributed by atoms with E-state index >= 15 is 0 Å². The first-order valence-electron chi connectivity index (χ1n) is 28.0. The third-order valence-corrected chi connectivity index (χ3v) is 21.4. The largest absolute Gasteiger partial charge is 0.309 e. The Morgan fingerprint density at radius 1 is 0.198 bits per heavy atom. The highest BCUT2D eigenvalue weighted by Gasteiger charge is 2.42. The van der Waals surface area contributed by atoms with E-state index < -0.39 is 8.07 Å². The van der Waals surface area contributed by atoms with Crippen molar-refractivity contribution in [3.05, 3.63) is 328 Å². The normalized spacial score (nSPS) is 11.7. The number of hydrogen-bond donors (Lipinski definition) is 0. The first-order chi connectivity index (χ1) is 40.2. The molecule has 2 aromatic heterocycles. The summed E-state index contributed by atoms with van der Waals surface area (Å²) in [6, 6.07) is 122. The van der Waals surface area contributed by atoms with Gasteiger partial charge in [0.1, 0.15) is 0 Å². The standard InChI is InChI=1S/C78H54N2Si/c1-8-24-55(25-9-1)58-40-45-66(46-41-58)81(64-34-18-6-19-35-64,65-36-20-7-21-37-65)67-53-69(59-30-14-4-15-31-59)78(70(54-67)60-32-16-5-17-33-60)80-76-48-43-62(57-28-12-3-13-29-57)51-72(76)73-52-63(44-49-77(73)80)79-74-39-23-22-38-68(74)71-50-61(42-47-75(71)79)56-26-10-2-11-27-56/h1-54H. The van der Waals surface area contributed by atoms with E-state index in [1.165, 1.54) is 97.8 Å². The summed E-state index contributed by atoms with van der Waals surface area (Å²) < 4.78 is 5.05. The topological polar surface area (TPSA) is 9.86 Å². The minimum atomic E-state index is -3.13.